The average molecular weight is 573 g/mol. The van der Waals surface area contributed by atoms with Crippen LogP contribution in [0.2, 0.25) is 10.0 Å². The van der Waals surface area contributed by atoms with Gasteiger partial charge in [-0.1, -0.05) is 36.2 Å². The van der Waals surface area contributed by atoms with Gasteiger partial charge in [0.15, 0.2) is 11.5 Å². The summed E-state index contributed by atoms with van der Waals surface area (Å²) in [5.74, 6) is -0.120. The molecule has 0 fully saturated rings. The van der Waals surface area contributed by atoms with Crippen molar-refractivity contribution in [1.29, 1.82) is 0 Å². The van der Waals surface area contributed by atoms with E-state index in [2.05, 4.69) is 5.32 Å². The molecule has 2 atom stereocenters. The minimum Gasteiger partial charge on any atom is -0.486 e. The Morgan fingerprint density at radius 1 is 1.05 bits per heavy atom. The molecule has 0 aromatic heterocycles. The van der Waals surface area contributed by atoms with E-state index >= 15 is 0 Å². The van der Waals surface area contributed by atoms with Gasteiger partial charge in [-0.25, -0.2) is 8.42 Å². The molecule has 0 bridgehead atoms. The van der Waals surface area contributed by atoms with Crippen molar-refractivity contribution in [2.75, 3.05) is 30.3 Å². The SMILES string of the molecule is CC[C@@H](C)NC(=O)[C@@H](C)N(Cc1c(Cl)cccc1Cl)C(=O)CN(c1ccc2c(c1)OCCO2)S(C)(=O)=O. The molecule has 9 nitrogen and oxygen atoms in total. The Balaban J connectivity index is 1.96. The Labute approximate surface area is 227 Å². The van der Waals surface area contributed by atoms with Gasteiger partial charge in [-0.3, -0.25) is 13.9 Å². The van der Waals surface area contributed by atoms with Gasteiger partial charge in [-0.2, -0.15) is 0 Å². The molecule has 12 heteroatoms. The number of carbonyl (C=O) groups is 2. The molecule has 1 aliphatic rings. The topological polar surface area (TPSA) is 105 Å². The second-order valence-electron chi connectivity index (χ2n) is 8.81. The summed E-state index contributed by atoms with van der Waals surface area (Å²) in [5, 5.41) is 3.52. The lowest BCUT2D eigenvalue weighted by molar-refractivity contribution is -0.139. The number of sulfonamides is 1. The first-order valence-electron chi connectivity index (χ1n) is 11.8. The molecule has 2 aromatic carbocycles. The Kier molecular flexibility index (Phi) is 9.55. The van der Waals surface area contributed by atoms with Gasteiger partial charge in [-0.05, 0) is 44.5 Å². The molecule has 1 heterocycles. The number of nitrogens with zero attached hydrogens (tertiary/aromatic N) is 2. The van der Waals surface area contributed by atoms with Gasteiger partial charge in [0.25, 0.3) is 0 Å². The van der Waals surface area contributed by atoms with E-state index in [1.165, 1.54) is 17.0 Å². The summed E-state index contributed by atoms with van der Waals surface area (Å²) in [6.45, 7) is 5.43. The summed E-state index contributed by atoms with van der Waals surface area (Å²) in [5.41, 5.74) is 0.681. The van der Waals surface area contributed by atoms with Crippen LogP contribution in [-0.4, -0.2) is 63.2 Å². The summed E-state index contributed by atoms with van der Waals surface area (Å²) in [6.07, 6.45) is 1.71. The van der Waals surface area contributed by atoms with E-state index in [1.807, 2.05) is 13.8 Å². The van der Waals surface area contributed by atoms with Crippen molar-refractivity contribution < 1.29 is 27.5 Å². The van der Waals surface area contributed by atoms with Gasteiger partial charge in [-0.15, -0.1) is 0 Å². The van der Waals surface area contributed by atoms with Crippen LogP contribution in [-0.2, 0) is 26.2 Å². The van der Waals surface area contributed by atoms with Crippen molar-refractivity contribution in [2.45, 2.75) is 45.8 Å². The van der Waals surface area contributed by atoms with Gasteiger partial charge in [0.05, 0.1) is 11.9 Å². The van der Waals surface area contributed by atoms with E-state index in [-0.39, 0.29) is 24.2 Å². The zero-order valence-electron chi connectivity index (χ0n) is 21.2. The number of benzene rings is 2. The van der Waals surface area contributed by atoms with Crippen molar-refractivity contribution in [1.82, 2.24) is 10.2 Å². The predicted molar refractivity (Wildman–Crippen MR) is 144 cm³/mol. The second-order valence-corrected chi connectivity index (χ2v) is 11.5. The van der Waals surface area contributed by atoms with Crippen LogP contribution < -0.4 is 19.1 Å². The molecular formula is C25H31Cl2N3O6S. The zero-order chi connectivity index (χ0) is 27.3. The molecule has 0 saturated carbocycles. The predicted octanol–water partition coefficient (Wildman–Crippen LogP) is 3.86. The van der Waals surface area contributed by atoms with Gasteiger partial charge in [0.2, 0.25) is 21.8 Å². The lowest BCUT2D eigenvalue weighted by atomic mass is 10.1. The average Bonchev–Trinajstić information content (AvgIpc) is 2.85. The number of ether oxygens (including phenoxy) is 2. The highest BCUT2D eigenvalue weighted by Crippen LogP contribution is 2.35. The zero-order valence-corrected chi connectivity index (χ0v) is 23.5. The fourth-order valence-corrected chi connectivity index (χ4v) is 5.06. The van der Waals surface area contributed by atoms with Crippen LogP contribution in [0.3, 0.4) is 0 Å². The van der Waals surface area contributed by atoms with Crippen LogP contribution in [0.25, 0.3) is 0 Å². The summed E-state index contributed by atoms with van der Waals surface area (Å²) in [7, 11) is -3.89. The first-order chi connectivity index (χ1) is 17.4. The first-order valence-corrected chi connectivity index (χ1v) is 14.4. The van der Waals surface area contributed by atoms with E-state index in [0.717, 1.165) is 10.6 Å². The standard InChI is InChI=1S/C25H31Cl2N3O6S/c1-5-16(2)28-25(32)17(3)29(14-19-20(26)7-6-8-21(19)27)24(31)15-30(37(4,33)34)18-9-10-22-23(13-18)36-12-11-35-22/h6-10,13,16-17H,5,11-12,14-15H2,1-4H3,(H,28,32)/t16-,17-/m1/s1. The number of anilines is 1. The molecule has 2 amide bonds. The third-order valence-electron chi connectivity index (χ3n) is 6.05. The van der Waals surface area contributed by atoms with Crippen LogP contribution in [0.1, 0.15) is 32.8 Å². The van der Waals surface area contributed by atoms with Crippen LogP contribution in [0, 0.1) is 0 Å². The summed E-state index contributed by atoms with van der Waals surface area (Å²) >= 11 is 12.7. The maximum Gasteiger partial charge on any atom is 0.244 e. The highest BCUT2D eigenvalue weighted by atomic mass is 35.5. The molecule has 0 aliphatic carbocycles. The largest absolute Gasteiger partial charge is 0.486 e. The van der Waals surface area contributed by atoms with Crippen LogP contribution >= 0.6 is 23.2 Å². The van der Waals surface area contributed by atoms with Gasteiger partial charge in [0, 0.05) is 34.3 Å². The Bertz CT molecular complexity index is 1240. The molecule has 37 heavy (non-hydrogen) atoms. The first kappa shape index (κ1) is 28.9. The Morgan fingerprint density at radius 3 is 2.27 bits per heavy atom. The molecule has 0 saturated heterocycles. The van der Waals surface area contributed by atoms with E-state index < -0.39 is 28.5 Å². The van der Waals surface area contributed by atoms with Crippen LogP contribution in [0.15, 0.2) is 36.4 Å². The number of amides is 2. The van der Waals surface area contributed by atoms with Crippen LogP contribution in [0.4, 0.5) is 5.69 Å². The number of hydrogen-bond acceptors (Lipinski definition) is 6. The van der Waals surface area contributed by atoms with Gasteiger partial charge >= 0.3 is 0 Å². The van der Waals surface area contributed by atoms with E-state index in [4.69, 9.17) is 32.7 Å². The quantitative estimate of drug-likeness (QED) is 0.464. The molecule has 2 aromatic rings. The third kappa shape index (κ3) is 7.21. The van der Waals surface area contributed by atoms with Crippen molar-refractivity contribution in [2.24, 2.45) is 0 Å². The highest BCUT2D eigenvalue weighted by Gasteiger charge is 2.31. The number of fused-ring (bicyclic) bond motifs is 1. The minimum atomic E-state index is -3.89. The fraction of sp³-hybridized carbons (Fsp3) is 0.440. The lowest BCUT2D eigenvalue weighted by Gasteiger charge is -2.32. The van der Waals surface area contributed by atoms with E-state index in [1.54, 1.807) is 31.2 Å². The van der Waals surface area contributed by atoms with Crippen LogP contribution in [0.5, 0.6) is 11.5 Å². The van der Waals surface area contributed by atoms with Crippen molar-refractivity contribution in [3.63, 3.8) is 0 Å². The second kappa shape index (κ2) is 12.2. The molecule has 1 aliphatic heterocycles. The summed E-state index contributed by atoms with van der Waals surface area (Å²) < 4.78 is 37.6. The minimum absolute atomic E-state index is 0.0921. The smallest absolute Gasteiger partial charge is 0.244 e. The van der Waals surface area contributed by atoms with E-state index in [9.17, 15) is 18.0 Å². The molecule has 202 valence electrons. The number of nitrogens with one attached hydrogen (secondary N) is 1. The third-order valence-corrected chi connectivity index (χ3v) is 7.90. The Morgan fingerprint density at radius 2 is 1.68 bits per heavy atom. The lowest BCUT2D eigenvalue weighted by Crippen LogP contribution is -2.52. The highest BCUT2D eigenvalue weighted by molar-refractivity contribution is 7.92. The maximum absolute atomic E-state index is 13.7. The number of hydrogen-bond donors (Lipinski definition) is 1. The Hall–Kier alpha value is -2.69. The number of carbonyl (C=O) groups excluding carboxylic acids is 2. The molecule has 3 rings (SSSR count). The monoisotopic (exact) mass is 571 g/mol. The molecular weight excluding hydrogens is 541 g/mol. The summed E-state index contributed by atoms with van der Waals surface area (Å²) in [6, 6.07) is 8.54. The summed E-state index contributed by atoms with van der Waals surface area (Å²) in [4.78, 5) is 28.0. The van der Waals surface area contributed by atoms with E-state index in [0.29, 0.717) is 46.7 Å². The number of halogens is 2. The van der Waals surface area contributed by atoms with Crippen molar-refractivity contribution in [3.8, 4) is 11.5 Å². The number of rotatable bonds is 10. The van der Waals surface area contributed by atoms with Gasteiger partial charge < -0.3 is 19.7 Å². The molecule has 0 radical (unpaired) electrons. The molecule has 0 unspecified atom stereocenters. The molecule has 1 N–H and O–H groups in total. The maximum atomic E-state index is 13.7. The van der Waals surface area contributed by atoms with Crippen molar-refractivity contribution in [3.05, 3.63) is 52.0 Å². The fourth-order valence-electron chi connectivity index (χ4n) is 3.70. The normalized spacial score (nSPS) is 14.4. The van der Waals surface area contributed by atoms with Crippen molar-refractivity contribution >= 4 is 50.7 Å². The molecule has 0 spiro atoms. The van der Waals surface area contributed by atoms with Gasteiger partial charge in [0.1, 0.15) is 25.8 Å².